The van der Waals surface area contributed by atoms with Gasteiger partial charge in [0.25, 0.3) is 10.0 Å². The summed E-state index contributed by atoms with van der Waals surface area (Å²) in [6, 6.07) is 13.6. The average molecular weight is 519 g/mol. The van der Waals surface area contributed by atoms with Crippen LogP contribution in [0.25, 0.3) is 10.2 Å². The third kappa shape index (κ3) is 4.41. The number of aromatic nitrogens is 2. The number of carbonyl (C=O) groups is 1. The van der Waals surface area contributed by atoms with Gasteiger partial charge in [0.05, 0.1) is 21.1 Å². The molecule has 7 nitrogen and oxygen atoms in total. The van der Waals surface area contributed by atoms with Crippen molar-refractivity contribution >= 4 is 65.6 Å². The van der Waals surface area contributed by atoms with Gasteiger partial charge < -0.3 is 0 Å². The molecule has 0 radical (unpaired) electrons. The first-order valence-corrected chi connectivity index (χ1v) is 13.7. The molecule has 1 fully saturated rings. The summed E-state index contributed by atoms with van der Waals surface area (Å²) in [7, 11) is -3.83. The molecule has 0 bridgehead atoms. The van der Waals surface area contributed by atoms with E-state index in [4.69, 9.17) is 11.6 Å². The summed E-state index contributed by atoms with van der Waals surface area (Å²) in [5.74, 6) is -0.283. The number of para-hydroxylation sites is 1. The Bertz CT molecular complexity index is 1370. The second-order valence-corrected chi connectivity index (χ2v) is 12.4. The number of sulfonamides is 1. The molecular weight excluding hydrogens is 500 g/mol. The van der Waals surface area contributed by atoms with Crippen LogP contribution in [0.2, 0.25) is 4.34 Å². The van der Waals surface area contributed by atoms with Crippen LogP contribution in [0.1, 0.15) is 18.4 Å². The van der Waals surface area contributed by atoms with Crippen molar-refractivity contribution in [3.63, 3.8) is 0 Å². The lowest BCUT2D eigenvalue weighted by molar-refractivity contribution is -0.121. The summed E-state index contributed by atoms with van der Waals surface area (Å²) in [6.07, 6.45) is 4.40. The van der Waals surface area contributed by atoms with Crippen molar-refractivity contribution in [3.05, 3.63) is 70.8 Å². The van der Waals surface area contributed by atoms with Gasteiger partial charge in [-0.25, -0.2) is 13.4 Å². The van der Waals surface area contributed by atoms with E-state index in [9.17, 15) is 13.2 Å². The van der Waals surface area contributed by atoms with Crippen LogP contribution in [0.5, 0.6) is 0 Å². The fourth-order valence-electron chi connectivity index (χ4n) is 3.89. The van der Waals surface area contributed by atoms with Gasteiger partial charge in [0.2, 0.25) is 5.91 Å². The summed E-state index contributed by atoms with van der Waals surface area (Å²) >= 11 is 8.39. The van der Waals surface area contributed by atoms with Gasteiger partial charge in [0.1, 0.15) is 10.3 Å². The van der Waals surface area contributed by atoms with Crippen LogP contribution in [0, 0.1) is 0 Å². The number of rotatable bonds is 6. The lowest BCUT2D eigenvalue weighted by atomic mass is 10.2. The predicted molar refractivity (Wildman–Crippen MR) is 131 cm³/mol. The summed E-state index contributed by atoms with van der Waals surface area (Å²) in [4.78, 5) is 24.2. The van der Waals surface area contributed by atoms with Crippen molar-refractivity contribution < 1.29 is 13.2 Å². The van der Waals surface area contributed by atoms with Gasteiger partial charge in [-0.1, -0.05) is 35.1 Å². The van der Waals surface area contributed by atoms with Gasteiger partial charge in [0, 0.05) is 18.9 Å². The Kier molecular flexibility index (Phi) is 6.19. The topological polar surface area (TPSA) is 83.5 Å². The van der Waals surface area contributed by atoms with E-state index in [0.29, 0.717) is 22.3 Å². The zero-order valence-corrected chi connectivity index (χ0v) is 20.5. The number of fused-ring (bicyclic) bond motifs is 1. The van der Waals surface area contributed by atoms with Gasteiger partial charge >= 0.3 is 0 Å². The minimum absolute atomic E-state index is 0.146. The highest BCUT2D eigenvalue weighted by Crippen LogP contribution is 2.35. The first-order chi connectivity index (χ1) is 15.9. The van der Waals surface area contributed by atoms with Crippen LogP contribution in [-0.4, -0.2) is 41.2 Å². The molecule has 33 heavy (non-hydrogen) atoms. The van der Waals surface area contributed by atoms with E-state index in [2.05, 4.69) is 9.97 Å². The number of halogens is 1. The van der Waals surface area contributed by atoms with E-state index in [0.717, 1.165) is 27.1 Å². The van der Waals surface area contributed by atoms with Gasteiger partial charge in [-0.3, -0.25) is 14.7 Å². The Hall–Kier alpha value is -2.37. The van der Waals surface area contributed by atoms with E-state index in [1.165, 1.54) is 21.7 Å². The third-order valence-corrected chi connectivity index (χ3v) is 10.1. The van der Waals surface area contributed by atoms with Crippen molar-refractivity contribution in [1.29, 1.82) is 0 Å². The molecule has 1 saturated heterocycles. The number of hydrogen-bond donors (Lipinski definition) is 0. The lowest BCUT2D eigenvalue weighted by Crippen LogP contribution is -2.47. The second-order valence-electron chi connectivity index (χ2n) is 7.58. The normalized spacial score (nSPS) is 16.9. The zero-order chi connectivity index (χ0) is 23.0. The molecule has 1 aromatic carbocycles. The van der Waals surface area contributed by atoms with Crippen LogP contribution < -0.4 is 4.90 Å². The van der Waals surface area contributed by atoms with E-state index in [1.54, 1.807) is 23.4 Å². The van der Waals surface area contributed by atoms with Crippen LogP contribution in [0.3, 0.4) is 0 Å². The maximum absolute atomic E-state index is 13.9. The molecule has 11 heteroatoms. The number of hydrogen-bond acceptors (Lipinski definition) is 7. The Labute approximate surface area is 204 Å². The number of carbonyl (C=O) groups excluding carboxylic acids is 1. The van der Waals surface area contributed by atoms with Crippen molar-refractivity contribution in [2.75, 3.05) is 11.4 Å². The van der Waals surface area contributed by atoms with E-state index < -0.39 is 16.1 Å². The van der Waals surface area contributed by atoms with Crippen LogP contribution in [-0.2, 0) is 21.4 Å². The number of benzene rings is 1. The first-order valence-electron chi connectivity index (χ1n) is 10.3. The van der Waals surface area contributed by atoms with Crippen molar-refractivity contribution in [3.8, 4) is 0 Å². The average Bonchev–Trinajstić information content (AvgIpc) is 3.56. The number of thiazole rings is 1. The van der Waals surface area contributed by atoms with Crippen LogP contribution in [0.4, 0.5) is 5.13 Å². The molecule has 0 aliphatic carbocycles. The van der Waals surface area contributed by atoms with Crippen molar-refractivity contribution in [2.24, 2.45) is 0 Å². The number of anilines is 1. The molecule has 1 aliphatic heterocycles. The van der Waals surface area contributed by atoms with Crippen LogP contribution >= 0.6 is 34.3 Å². The molecule has 0 spiro atoms. The molecule has 4 aromatic rings. The van der Waals surface area contributed by atoms with Crippen molar-refractivity contribution in [1.82, 2.24) is 14.3 Å². The fraction of sp³-hybridized carbons (Fsp3) is 0.227. The molecule has 1 atom stereocenters. The Balaban J connectivity index is 1.52. The Morgan fingerprint density at radius 1 is 1.12 bits per heavy atom. The Morgan fingerprint density at radius 2 is 1.91 bits per heavy atom. The smallest absolute Gasteiger partial charge is 0.253 e. The van der Waals surface area contributed by atoms with Gasteiger partial charge in [0.15, 0.2) is 5.13 Å². The second kappa shape index (κ2) is 9.11. The number of thiophene rings is 1. The molecule has 1 unspecified atom stereocenters. The minimum atomic E-state index is -3.83. The molecule has 1 aliphatic rings. The first kappa shape index (κ1) is 22.4. The lowest BCUT2D eigenvalue weighted by Gasteiger charge is -2.28. The minimum Gasteiger partial charge on any atom is -0.282 e. The highest BCUT2D eigenvalue weighted by atomic mass is 35.5. The summed E-state index contributed by atoms with van der Waals surface area (Å²) in [6.45, 7) is 0.563. The van der Waals surface area contributed by atoms with E-state index >= 15 is 0 Å². The zero-order valence-electron chi connectivity index (χ0n) is 17.3. The van der Waals surface area contributed by atoms with E-state index in [-0.39, 0.29) is 23.2 Å². The molecule has 1 amide bonds. The molecule has 170 valence electrons. The number of nitrogens with zero attached hydrogens (tertiary/aromatic N) is 4. The third-order valence-electron chi connectivity index (χ3n) is 5.47. The molecular formula is C22H19ClN4O3S3. The monoisotopic (exact) mass is 518 g/mol. The maximum Gasteiger partial charge on any atom is 0.253 e. The Morgan fingerprint density at radius 3 is 2.64 bits per heavy atom. The summed E-state index contributed by atoms with van der Waals surface area (Å²) in [5, 5.41) is 0.543. The molecule has 4 heterocycles. The highest BCUT2D eigenvalue weighted by Gasteiger charge is 2.42. The summed E-state index contributed by atoms with van der Waals surface area (Å²) < 4.78 is 29.4. The fourth-order valence-corrected chi connectivity index (χ4v) is 8.13. The predicted octanol–water partition coefficient (Wildman–Crippen LogP) is 4.79. The van der Waals surface area contributed by atoms with Crippen LogP contribution in [0.15, 0.2) is 65.1 Å². The maximum atomic E-state index is 13.9. The highest BCUT2D eigenvalue weighted by molar-refractivity contribution is 7.91. The largest absolute Gasteiger partial charge is 0.282 e. The van der Waals surface area contributed by atoms with Gasteiger partial charge in [-0.2, -0.15) is 4.31 Å². The van der Waals surface area contributed by atoms with E-state index in [1.807, 2.05) is 36.4 Å². The number of pyridine rings is 1. The quantitative estimate of drug-likeness (QED) is 0.366. The number of amides is 1. The van der Waals surface area contributed by atoms with Gasteiger partial charge in [-0.15, -0.1) is 11.3 Å². The van der Waals surface area contributed by atoms with Crippen molar-refractivity contribution in [2.45, 2.75) is 29.6 Å². The molecule has 3 aromatic heterocycles. The molecule has 0 N–H and O–H groups in total. The molecule has 0 saturated carbocycles. The van der Waals surface area contributed by atoms with Gasteiger partial charge in [-0.05, 0) is 54.8 Å². The SMILES string of the molecule is O=C(C1CCCN1S(=O)(=O)c1ccc(Cl)s1)N(Cc1ccncc1)c1nc2ccccc2s1. The molecule has 5 rings (SSSR count). The standard InChI is InChI=1S/C22H19ClN4O3S3/c23-19-7-8-20(32-19)33(29,30)27-13-3-5-17(27)21(28)26(14-15-9-11-24-12-10-15)22-25-16-4-1-2-6-18(16)31-22/h1-2,4,6-12,17H,3,5,13-14H2. The summed E-state index contributed by atoms with van der Waals surface area (Å²) in [5.41, 5.74) is 1.68.